The van der Waals surface area contributed by atoms with Crippen LogP contribution < -0.4 is 10.6 Å². The highest BCUT2D eigenvalue weighted by molar-refractivity contribution is 5.89. The van der Waals surface area contributed by atoms with Crippen LogP contribution in [0.25, 0.3) is 0 Å². The van der Waals surface area contributed by atoms with Gasteiger partial charge in [0.05, 0.1) is 18.7 Å². The van der Waals surface area contributed by atoms with E-state index in [-0.39, 0.29) is 17.5 Å². The van der Waals surface area contributed by atoms with Gasteiger partial charge >= 0.3 is 5.97 Å². The lowest BCUT2D eigenvalue weighted by Gasteiger charge is -2.14. The number of methoxy groups -OCH3 is 1. The Labute approximate surface area is 123 Å². The highest BCUT2D eigenvalue weighted by atomic mass is 19.1. The molecule has 0 heterocycles. The highest BCUT2D eigenvalue weighted by Gasteiger charge is 2.14. The zero-order valence-corrected chi connectivity index (χ0v) is 12.5. The van der Waals surface area contributed by atoms with Crippen LogP contribution in [0, 0.1) is 5.82 Å². The molecule has 1 atom stereocenters. The van der Waals surface area contributed by atoms with E-state index in [0.29, 0.717) is 18.7 Å². The van der Waals surface area contributed by atoms with Crippen LogP contribution in [0.5, 0.6) is 0 Å². The molecular weight excluding hydrogens is 275 g/mol. The van der Waals surface area contributed by atoms with Gasteiger partial charge in [-0.2, -0.15) is 0 Å². The summed E-state index contributed by atoms with van der Waals surface area (Å²) < 4.78 is 18.2. The minimum Gasteiger partial charge on any atom is -0.465 e. The molecule has 0 aliphatic carbocycles. The molecule has 0 bridgehead atoms. The fourth-order valence-electron chi connectivity index (χ4n) is 1.71. The lowest BCUT2D eigenvalue weighted by atomic mass is 10.1. The molecule has 0 aromatic heterocycles. The topological polar surface area (TPSA) is 67.4 Å². The minimum atomic E-state index is -0.709. The second-order valence-electron chi connectivity index (χ2n) is 4.70. The Morgan fingerprint density at radius 1 is 1.38 bits per heavy atom. The van der Waals surface area contributed by atoms with Crippen molar-refractivity contribution >= 4 is 11.9 Å². The van der Waals surface area contributed by atoms with E-state index >= 15 is 0 Å². The van der Waals surface area contributed by atoms with E-state index in [9.17, 15) is 14.0 Å². The summed E-state index contributed by atoms with van der Waals surface area (Å²) in [6.45, 7) is 4.68. The number of carbonyl (C=O) groups excluding carboxylic acids is 2. The summed E-state index contributed by atoms with van der Waals surface area (Å²) in [5.74, 6) is -1.44. The fourth-order valence-corrected chi connectivity index (χ4v) is 1.71. The van der Waals surface area contributed by atoms with E-state index in [1.54, 1.807) is 13.0 Å². The molecule has 0 saturated carbocycles. The first kappa shape index (κ1) is 17.1. The SMILES string of the molecule is CCCNC(=O)C(C)NCc1ccc(C(=O)OC)c(F)c1. The number of carbonyl (C=O) groups is 2. The highest BCUT2D eigenvalue weighted by Crippen LogP contribution is 2.11. The Morgan fingerprint density at radius 2 is 2.10 bits per heavy atom. The number of hydrogen-bond acceptors (Lipinski definition) is 4. The Balaban J connectivity index is 2.58. The summed E-state index contributed by atoms with van der Waals surface area (Å²) in [6, 6.07) is 3.88. The molecule has 5 nitrogen and oxygen atoms in total. The summed E-state index contributed by atoms with van der Waals surface area (Å²) in [4.78, 5) is 22.9. The number of amides is 1. The van der Waals surface area contributed by atoms with Gasteiger partial charge in [0.25, 0.3) is 0 Å². The van der Waals surface area contributed by atoms with Crippen LogP contribution in [0.4, 0.5) is 4.39 Å². The molecule has 1 unspecified atom stereocenters. The number of nitrogens with one attached hydrogen (secondary N) is 2. The Morgan fingerprint density at radius 3 is 2.67 bits per heavy atom. The summed E-state index contributed by atoms with van der Waals surface area (Å²) in [7, 11) is 1.20. The van der Waals surface area contributed by atoms with Crippen molar-refractivity contribution in [1.82, 2.24) is 10.6 Å². The quantitative estimate of drug-likeness (QED) is 0.750. The molecule has 0 fully saturated rings. The zero-order valence-electron chi connectivity index (χ0n) is 12.5. The van der Waals surface area contributed by atoms with Crippen LogP contribution in [-0.2, 0) is 16.1 Å². The number of benzene rings is 1. The molecule has 1 aromatic carbocycles. The summed E-state index contributed by atoms with van der Waals surface area (Å²) >= 11 is 0. The maximum absolute atomic E-state index is 13.7. The third-order valence-corrected chi connectivity index (χ3v) is 2.99. The normalized spacial score (nSPS) is 11.8. The van der Waals surface area contributed by atoms with Crippen molar-refractivity contribution in [2.75, 3.05) is 13.7 Å². The predicted octanol–water partition coefficient (Wildman–Crippen LogP) is 1.62. The summed E-state index contributed by atoms with van der Waals surface area (Å²) in [5.41, 5.74) is 0.547. The Hall–Kier alpha value is -1.95. The van der Waals surface area contributed by atoms with Gasteiger partial charge in [-0.15, -0.1) is 0 Å². The van der Waals surface area contributed by atoms with Crippen LogP contribution in [-0.4, -0.2) is 31.6 Å². The van der Waals surface area contributed by atoms with Gasteiger partial charge in [0.2, 0.25) is 5.91 Å². The van der Waals surface area contributed by atoms with Gasteiger partial charge in [0.15, 0.2) is 0 Å². The first-order chi connectivity index (χ1) is 9.99. The first-order valence-corrected chi connectivity index (χ1v) is 6.87. The molecule has 0 radical (unpaired) electrons. The molecule has 0 saturated heterocycles. The van der Waals surface area contributed by atoms with Gasteiger partial charge in [-0.3, -0.25) is 4.79 Å². The van der Waals surface area contributed by atoms with Crippen molar-refractivity contribution in [3.8, 4) is 0 Å². The van der Waals surface area contributed by atoms with Crippen LogP contribution in [0.3, 0.4) is 0 Å². The molecule has 1 aromatic rings. The van der Waals surface area contributed by atoms with E-state index < -0.39 is 11.8 Å². The van der Waals surface area contributed by atoms with Gasteiger partial charge < -0.3 is 15.4 Å². The molecule has 0 aliphatic heterocycles. The Bertz CT molecular complexity index is 506. The maximum Gasteiger partial charge on any atom is 0.340 e. The Kier molecular flexibility index (Phi) is 6.81. The van der Waals surface area contributed by atoms with Crippen LogP contribution in [0.1, 0.15) is 36.2 Å². The number of ether oxygens (including phenoxy) is 1. The van der Waals surface area contributed by atoms with E-state index in [1.807, 2.05) is 6.92 Å². The van der Waals surface area contributed by atoms with Crippen molar-refractivity contribution in [2.24, 2.45) is 0 Å². The van der Waals surface area contributed by atoms with Gasteiger partial charge in [-0.05, 0) is 31.0 Å². The van der Waals surface area contributed by atoms with Crippen LogP contribution >= 0.6 is 0 Å². The molecule has 1 amide bonds. The molecule has 21 heavy (non-hydrogen) atoms. The maximum atomic E-state index is 13.7. The molecule has 0 spiro atoms. The number of hydrogen-bond donors (Lipinski definition) is 2. The number of esters is 1. The van der Waals surface area contributed by atoms with E-state index in [0.717, 1.165) is 6.42 Å². The van der Waals surface area contributed by atoms with E-state index in [2.05, 4.69) is 15.4 Å². The molecule has 2 N–H and O–H groups in total. The largest absolute Gasteiger partial charge is 0.465 e. The molecule has 6 heteroatoms. The molecule has 116 valence electrons. The van der Waals surface area contributed by atoms with Gasteiger partial charge in [-0.25, -0.2) is 9.18 Å². The monoisotopic (exact) mass is 296 g/mol. The van der Waals surface area contributed by atoms with Crippen molar-refractivity contribution in [2.45, 2.75) is 32.9 Å². The second-order valence-corrected chi connectivity index (χ2v) is 4.70. The number of rotatable bonds is 7. The van der Waals surface area contributed by atoms with Gasteiger partial charge in [0.1, 0.15) is 5.82 Å². The van der Waals surface area contributed by atoms with E-state index in [4.69, 9.17) is 0 Å². The fraction of sp³-hybridized carbons (Fsp3) is 0.467. The summed E-state index contributed by atoms with van der Waals surface area (Å²) in [6.07, 6.45) is 0.874. The number of halogens is 1. The van der Waals surface area contributed by atoms with Crippen molar-refractivity contribution in [1.29, 1.82) is 0 Å². The average Bonchev–Trinajstić information content (AvgIpc) is 2.49. The van der Waals surface area contributed by atoms with Gasteiger partial charge in [-0.1, -0.05) is 13.0 Å². The minimum absolute atomic E-state index is 0.0940. The predicted molar refractivity (Wildman–Crippen MR) is 77.3 cm³/mol. The molecule has 0 aliphatic rings. The van der Waals surface area contributed by atoms with E-state index in [1.165, 1.54) is 19.2 Å². The lowest BCUT2D eigenvalue weighted by Crippen LogP contribution is -2.42. The van der Waals surface area contributed by atoms with Crippen LogP contribution in [0.2, 0.25) is 0 Å². The summed E-state index contributed by atoms with van der Waals surface area (Å²) in [5, 5.41) is 5.78. The van der Waals surface area contributed by atoms with Crippen molar-refractivity contribution in [3.05, 3.63) is 35.1 Å². The van der Waals surface area contributed by atoms with Crippen molar-refractivity contribution < 1.29 is 18.7 Å². The second kappa shape index (κ2) is 8.36. The smallest absolute Gasteiger partial charge is 0.340 e. The third kappa shape index (κ3) is 5.15. The average molecular weight is 296 g/mol. The standard InChI is InChI=1S/C15H21FN2O3/c1-4-7-17-14(19)10(2)18-9-11-5-6-12(13(16)8-11)15(20)21-3/h5-6,8,10,18H,4,7,9H2,1-3H3,(H,17,19). The molecule has 1 rings (SSSR count). The zero-order chi connectivity index (χ0) is 15.8. The van der Waals surface area contributed by atoms with Crippen LogP contribution in [0.15, 0.2) is 18.2 Å². The third-order valence-electron chi connectivity index (χ3n) is 2.99. The first-order valence-electron chi connectivity index (χ1n) is 6.87. The lowest BCUT2D eigenvalue weighted by molar-refractivity contribution is -0.122. The van der Waals surface area contributed by atoms with Gasteiger partial charge in [0, 0.05) is 13.1 Å². The molecular formula is C15H21FN2O3. The van der Waals surface area contributed by atoms with Crippen molar-refractivity contribution in [3.63, 3.8) is 0 Å².